The lowest BCUT2D eigenvalue weighted by atomic mass is 10.1. The Morgan fingerprint density at radius 2 is 2.47 bits per heavy atom. The molecule has 1 unspecified atom stereocenters. The fourth-order valence-electron chi connectivity index (χ4n) is 2.20. The van der Waals surface area contributed by atoms with E-state index in [1.54, 1.807) is 6.20 Å². The Labute approximate surface area is 101 Å². The van der Waals surface area contributed by atoms with E-state index in [1.807, 2.05) is 24.3 Å². The van der Waals surface area contributed by atoms with Gasteiger partial charge in [-0.15, -0.1) is 0 Å². The van der Waals surface area contributed by atoms with Crippen LogP contribution in [-0.4, -0.2) is 24.7 Å². The van der Waals surface area contributed by atoms with Crippen LogP contribution in [0.15, 0.2) is 30.5 Å². The molecule has 1 saturated heterocycles. The van der Waals surface area contributed by atoms with Gasteiger partial charge in [0.05, 0.1) is 6.61 Å². The summed E-state index contributed by atoms with van der Waals surface area (Å²) in [4.78, 5) is 4.31. The van der Waals surface area contributed by atoms with Crippen molar-refractivity contribution in [3.05, 3.63) is 36.5 Å². The molecule has 1 aromatic heterocycles. The number of hydrogen-bond donors (Lipinski definition) is 1. The molecule has 0 spiro atoms. The second kappa shape index (κ2) is 4.72. The summed E-state index contributed by atoms with van der Waals surface area (Å²) in [6.07, 6.45) is 2.98. The lowest BCUT2D eigenvalue weighted by Crippen LogP contribution is -2.15. The third-order valence-corrected chi connectivity index (χ3v) is 3.19. The summed E-state index contributed by atoms with van der Waals surface area (Å²) < 4.78 is 5.84. The highest BCUT2D eigenvalue weighted by Gasteiger charge is 2.15. The normalized spacial score (nSPS) is 19.6. The van der Waals surface area contributed by atoms with E-state index in [9.17, 15) is 0 Å². The van der Waals surface area contributed by atoms with Gasteiger partial charge in [-0.1, -0.05) is 6.07 Å². The maximum absolute atomic E-state index is 5.84. The molecule has 17 heavy (non-hydrogen) atoms. The summed E-state index contributed by atoms with van der Waals surface area (Å²) in [5.74, 6) is 1.35. The van der Waals surface area contributed by atoms with Crippen LogP contribution in [0.4, 0.5) is 0 Å². The molecular weight excluding hydrogens is 212 g/mol. The Kier molecular flexibility index (Phi) is 2.92. The van der Waals surface area contributed by atoms with E-state index in [4.69, 9.17) is 4.74 Å². The third kappa shape index (κ3) is 2.24. The molecule has 1 N–H and O–H groups in total. The fourth-order valence-corrected chi connectivity index (χ4v) is 2.20. The second-order valence-electron chi connectivity index (χ2n) is 4.43. The first kappa shape index (κ1) is 10.5. The van der Waals surface area contributed by atoms with Crippen LogP contribution in [0.25, 0.3) is 10.8 Å². The average Bonchev–Trinajstić information content (AvgIpc) is 2.89. The highest BCUT2D eigenvalue weighted by Crippen LogP contribution is 2.23. The maximum Gasteiger partial charge on any atom is 0.221 e. The van der Waals surface area contributed by atoms with Crippen molar-refractivity contribution < 1.29 is 4.74 Å². The van der Waals surface area contributed by atoms with E-state index >= 15 is 0 Å². The highest BCUT2D eigenvalue weighted by molar-refractivity contribution is 5.86. The first-order chi connectivity index (χ1) is 8.43. The topological polar surface area (TPSA) is 34.1 Å². The average molecular weight is 227 g/mol. The number of pyridine rings is 1. The van der Waals surface area contributed by atoms with E-state index < -0.39 is 0 Å². The maximum atomic E-state index is 5.84. The Hall–Kier alpha value is -1.61. The molecule has 1 aromatic carbocycles. The Balaban J connectivity index is 1.79. The van der Waals surface area contributed by atoms with E-state index in [-0.39, 0.29) is 0 Å². The van der Waals surface area contributed by atoms with E-state index in [0.29, 0.717) is 5.92 Å². The summed E-state index contributed by atoms with van der Waals surface area (Å²) in [6.45, 7) is 2.90. The summed E-state index contributed by atoms with van der Waals surface area (Å²) in [6, 6.07) is 10.9. The molecule has 3 nitrogen and oxygen atoms in total. The molecule has 1 aliphatic heterocycles. The van der Waals surface area contributed by atoms with Crippen LogP contribution < -0.4 is 10.1 Å². The number of benzene rings is 1. The largest absolute Gasteiger partial charge is 0.477 e. The Bertz CT molecular complexity index is 501. The van der Waals surface area contributed by atoms with Crippen LogP contribution in [0.2, 0.25) is 0 Å². The minimum Gasteiger partial charge on any atom is -0.477 e. The minimum absolute atomic E-state index is 0.613. The van der Waals surface area contributed by atoms with Gasteiger partial charge in [-0.2, -0.15) is 0 Å². The number of fused-ring (bicyclic) bond motifs is 1. The van der Waals surface area contributed by atoms with Crippen LogP contribution in [0.5, 0.6) is 5.88 Å². The minimum atomic E-state index is 0.613. The van der Waals surface area contributed by atoms with Crippen molar-refractivity contribution in [3.63, 3.8) is 0 Å². The van der Waals surface area contributed by atoms with Crippen LogP contribution in [-0.2, 0) is 0 Å². The van der Waals surface area contributed by atoms with E-state index in [2.05, 4.69) is 16.4 Å². The van der Waals surface area contributed by atoms with Crippen LogP contribution in [0, 0.1) is 12.0 Å². The molecule has 3 heteroatoms. The third-order valence-electron chi connectivity index (χ3n) is 3.19. The molecule has 1 fully saturated rings. The predicted octanol–water partition coefficient (Wildman–Crippen LogP) is 2.02. The van der Waals surface area contributed by atoms with Gasteiger partial charge in [-0.3, -0.25) is 0 Å². The van der Waals surface area contributed by atoms with Crippen molar-refractivity contribution in [3.8, 4) is 5.88 Å². The molecule has 1 radical (unpaired) electrons. The number of hydrogen-bond acceptors (Lipinski definition) is 3. The molecule has 0 bridgehead atoms. The molecule has 2 heterocycles. The zero-order valence-corrected chi connectivity index (χ0v) is 9.65. The summed E-state index contributed by atoms with van der Waals surface area (Å²) in [5.41, 5.74) is 0. The zero-order valence-electron chi connectivity index (χ0n) is 9.65. The Morgan fingerprint density at radius 3 is 3.35 bits per heavy atom. The van der Waals surface area contributed by atoms with Crippen molar-refractivity contribution in [2.75, 3.05) is 19.7 Å². The molecule has 2 aromatic rings. The molecular formula is C14H15N2O. The predicted molar refractivity (Wildman–Crippen MR) is 67.1 cm³/mol. The van der Waals surface area contributed by atoms with Crippen LogP contribution >= 0.6 is 0 Å². The first-order valence-electron chi connectivity index (χ1n) is 6.02. The monoisotopic (exact) mass is 227 g/mol. The lowest BCUT2D eigenvalue weighted by molar-refractivity contribution is 0.254. The summed E-state index contributed by atoms with van der Waals surface area (Å²) in [7, 11) is 0. The number of nitrogens with zero attached hydrogens (tertiary/aromatic N) is 1. The van der Waals surface area contributed by atoms with Gasteiger partial charge in [0.25, 0.3) is 0 Å². The Morgan fingerprint density at radius 1 is 1.47 bits per heavy atom. The number of ether oxygens (including phenoxy) is 1. The van der Waals surface area contributed by atoms with Gasteiger partial charge in [0.1, 0.15) is 0 Å². The molecule has 1 aliphatic rings. The van der Waals surface area contributed by atoms with Gasteiger partial charge < -0.3 is 10.1 Å². The van der Waals surface area contributed by atoms with Gasteiger partial charge >= 0.3 is 0 Å². The summed E-state index contributed by atoms with van der Waals surface area (Å²) in [5, 5.41) is 5.53. The molecule has 87 valence electrons. The van der Waals surface area contributed by atoms with Gasteiger partial charge in [0, 0.05) is 24.0 Å². The zero-order chi connectivity index (χ0) is 11.5. The number of nitrogens with one attached hydrogen (secondary N) is 1. The molecule has 0 saturated carbocycles. The van der Waals surface area contributed by atoms with Crippen molar-refractivity contribution >= 4 is 10.8 Å². The molecule has 0 amide bonds. The molecule has 1 atom stereocenters. The van der Waals surface area contributed by atoms with Gasteiger partial charge in [-0.25, -0.2) is 4.98 Å². The SMILES string of the molecule is [c]1ccc2c(OCC3CCNC3)nccc2c1. The number of rotatable bonds is 3. The fraction of sp³-hybridized carbons (Fsp3) is 0.357. The van der Waals surface area contributed by atoms with Crippen molar-refractivity contribution in [2.24, 2.45) is 5.92 Å². The standard InChI is InChI=1S/C14H15N2O/c1-2-4-13-12(3-1)6-8-16-14(13)17-10-11-5-7-15-9-11/h2-4,6,8,11,15H,5,7,9-10H2. The van der Waals surface area contributed by atoms with Gasteiger partial charge in [-0.05, 0) is 42.6 Å². The van der Waals surface area contributed by atoms with Gasteiger partial charge in [0.15, 0.2) is 0 Å². The summed E-state index contributed by atoms with van der Waals surface area (Å²) >= 11 is 0. The van der Waals surface area contributed by atoms with E-state index in [1.165, 1.54) is 6.42 Å². The van der Waals surface area contributed by atoms with E-state index in [0.717, 1.165) is 36.3 Å². The molecule has 0 aliphatic carbocycles. The highest BCUT2D eigenvalue weighted by atomic mass is 16.5. The molecule has 3 rings (SSSR count). The van der Waals surface area contributed by atoms with Crippen LogP contribution in [0.1, 0.15) is 6.42 Å². The van der Waals surface area contributed by atoms with Crippen molar-refractivity contribution in [2.45, 2.75) is 6.42 Å². The smallest absolute Gasteiger partial charge is 0.221 e. The quantitative estimate of drug-likeness (QED) is 0.871. The first-order valence-corrected chi connectivity index (χ1v) is 6.02. The van der Waals surface area contributed by atoms with Gasteiger partial charge in [0.2, 0.25) is 5.88 Å². The second-order valence-corrected chi connectivity index (χ2v) is 4.43. The lowest BCUT2D eigenvalue weighted by Gasteiger charge is -2.11. The van der Waals surface area contributed by atoms with Crippen molar-refractivity contribution in [1.29, 1.82) is 0 Å². The van der Waals surface area contributed by atoms with Crippen LogP contribution in [0.3, 0.4) is 0 Å². The number of aromatic nitrogens is 1. The van der Waals surface area contributed by atoms with Crippen molar-refractivity contribution in [1.82, 2.24) is 10.3 Å².